The Labute approximate surface area is 192 Å². The van der Waals surface area contributed by atoms with Gasteiger partial charge in [0.1, 0.15) is 4.83 Å². The number of rotatable bonds is 11. The number of allylic oxidation sites excluding steroid dienone is 3. The molecule has 1 N–H and O–H groups in total. The molecule has 0 aliphatic carbocycles. The van der Waals surface area contributed by atoms with E-state index in [2.05, 4.69) is 47.7 Å². The maximum Gasteiger partial charge on any atom is 0.160 e. The van der Waals surface area contributed by atoms with Crippen LogP contribution in [0.3, 0.4) is 0 Å². The van der Waals surface area contributed by atoms with Crippen molar-refractivity contribution in [2.75, 3.05) is 26.0 Å². The third-order valence-electron chi connectivity index (χ3n) is 4.29. The summed E-state index contributed by atoms with van der Waals surface area (Å²) in [6, 6.07) is 3.83. The number of thiophene rings is 1. The summed E-state index contributed by atoms with van der Waals surface area (Å²) in [4.78, 5) is 22.4. The Kier molecular flexibility index (Phi) is 16.2. The van der Waals surface area contributed by atoms with E-state index in [4.69, 9.17) is 0 Å². The van der Waals surface area contributed by atoms with Gasteiger partial charge in [0.05, 0.1) is 11.2 Å². The van der Waals surface area contributed by atoms with Gasteiger partial charge in [-0.1, -0.05) is 25.5 Å². The number of aldehydes is 1. The average molecular weight is 441 g/mol. The van der Waals surface area contributed by atoms with Gasteiger partial charge in [0.2, 0.25) is 0 Å². The standard InChI is InChI=1S/C13H24N2.C10H10N2OS.C2H2/c1-4-6-7-8-9-10-11-13(5-2)15-12-14-3;1-12(2)9-3-4-11-10-8(9)5-7(6-13)14-10;1-2/h4,11-12H,1,5-10H2,2-3H3,(H,14,15);3-6H,1-2H3;1-2H/b13-11+;;. The molecular weight excluding hydrogens is 404 g/mol. The Morgan fingerprint density at radius 1 is 1.29 bits per heavy atom. The first-order chi connectivity index (χ1) is 15.1. The summed E-state index contributed by atoms with van der Waals surface area (Å²) in [7, 11) is 5.73. The number of anilines is 1. The van der Waals surface area contributed by atoms with Crippen molar-refractivity contribution in [2.24, 2.45) is 4.99 Å². The molecule has 0 unspecified atom stereocenters. The van der Waals surface area contributed by atoms with E-state index in [1.807, 2.05) is 37.2 Å². The molecule has 0 aliphatic heterocycles. The second kappa shape index (κ2) is 17.9. The summed E-state index contributed by atoms with van der Waals surface area (Å²) < 4.78 is 0. The lowest BCUT2D eigenvalue weighted by atomic mass is 10.1. The number of fused-ring (bicyclic) bond motifs is 1. The molecule has 5 nitrogen and oxygen atoms in total. The van der Waals surface area contributed by atoms with Gasteiger partial charge in [0, 0.05) is 44.1 Å². The van der Waals surface area contributed by atoms with Crippen molar-refractivity contribution in [1.82, 2.24) is 10.3 Å². The van der Waals surface area contributed by atoms with Crippen LogP contribution in [0.5, 0.6) is 0 Å². The molecule has 0 radical (unpaired) electrons. The molecule has 2 heterocycles. The summed E-state index contributed by atoms with van der Waals surface area (Å²) in [6.45, 7) is 5.87. The van der Waals surface area contributed by atoms with E-state index in [0.717, 1.165) is 46.3 Å². The molecule has 2 aromatic rings. The van der Waals surface area contributed by atoms with Gasteiger partial charge in [-0.15, -0.1) is 30.8 Å². The number of unbranched alkanes of at least 4 members (excludes halogenated alkanes) is 4. The minimum Gasteiger partial charge on any atom is -0.377 e. The zero-order valence-corrected chi connectivity index (χ0v) is 20.1. The lowest BCUT2D eigenvalue weighted by Crippen LogP contribution is -2.09. The molecule has 6 heteroatoms. The molecule has 2 rings (SSSR count). The molecular formula is C25H36N4OS. The fraction of sp³-hybridized carbons (Fsp3) is 0.400. The van der Waals surface area contributed by atoms with E-state index in [1.54, 1.807) is 19.6 Å². The van der Waals surface area contributed by atoms with Crippen LogP contribution in [0, 0.1) is 12.8 Å². The summed E-state index contributed by atoms with van der Waals surface area (Å²) in [5, 5.41) is 4.22. The van der Waals surface area contributed by atoms with Crippen molar-refractivity contribution in [3.63, 3.8) is 0 Å². The molecule has 168 valence electrons. The molecule has 0 aliphatic rings. The number of carbonyl (C=O) groups is 1. The SMILES string of the molecule is C#C.C=CCCCCC/C=C(\CC)NC=NC.CN(C)c1ccnc2sc(C=O)cc12. The van der Waals surface area contributed by atoms with E-state index < -0.39 is 0 Å². The van der Waals surface area contributed by atoms with E-state index in [-0.39, 0.29) is 0 Å². The van der Waals surface area contributed by atoms with Crippen LogP contribution in [-0.4, -0.2) is 38.8 Å². The number of nitrogens with one attached hydrogen (secondary N) is 1. The first-order valence-electron chi connectivity index (χ1n) is 10.4. The largest absolute Gasteiger partial charge is 0.377 e. The second-order valence-corrected chi connectivity index (χ2v) is 7.81. The van der Waals surface area contributed by atoms with Crippen molar-refractivity contribution < 1.29 is 4.79 Å². The number of aliphatic imine (C=N–C) groups is 1. The topological polar surface area (TPSA) is 57.6 Å². The van der Waals surface area contributed by atoms with Gasteiger partial charge in [-0.05, 0) is 44.2 Å². The zero-order chi connectivity index (χ0) is 23.5. The lowest BCUT2D eigenvalue weighted by molar-refractivity contribution is 0.112. The Bertz CT molecular complexity index is 850. The Morgan fingerprint density at radius 3 is 2.58 bits per heavy atom. The van der Waals surface area contributed by atoms with Crippen LogP contribution in [0.4, 0.5) is 5.69 Å². The van der Waals surface area contributed by atoms with Gasteiger partial charge in [-0.3, -0.25) is 9.79 Å². The molecule has 2 aromatic heterocycles. The van der Waals surface area contributed by atoms with Gasteiger partial charge in [-0.25, -0.2) is 4.98 Å². The number of hydrogen-bond acceptors (Lipinski definition) is 5. The number of nitrogens with zero attached hydrogens (tertiary/aromatic N) is 3. The number of pyridine rings is 1. The fourth-order valence-corrected chi connectivity index (χ4v) is 3.57. The van der Waals surface area contributed by atoms with Gasteiger partial charge in [-0.2, -0.15) is 0 Å². The maximum absolute atomic E-state index is 10.6. The predicted molar refractivity (Wildman–Crippen MR) is 138 cm³/mol. The molecule has 0 fully saturated rings. The normalized spacial score (nSPS) is 10.6. The molecule has 0 spiro atoms. The van der Waals surface area contributed by atoms with Crippen LogP contribution in [0.15, 0.2) is 47.7 Å². The predicted octanol–water partition coefficient (Wildman–Crippen LogP) is 6.09. The molecule has 0 saturated heterocycles. The lowest BCUT2D eigenvalue weighted by Gasteiger charge is -2.12. The van der Waals surface area contributed by atoms with Crippen LogP contribution in [0.2, 0.25) is 0 Å². The van der Waals surface area contributed by atoms with Crippen LogP contribution in [-0.2, 0) is 0 Å². The smallest absolute Gasteiger partial charge is 0.160 e. The highest BCUT2D eigenvalue weighted by Gasteiger charge is 2.07. The molecule has 31 heavy (non-hydrogen) atoms. The summed E-state index contributed by atoms with van der Waals surface area (Å²) in [5.74, 6) is 0. The van der Waals surface area contributed by atoms with E-state index in [9.17, 15) is 4.79 Å². The third-order valence-corrected chi connectivity index (χ3v) is 5.26. The van der Waals surface area contributed by atoms with E-state index in [0.29, 0.717) is 0 Å². The highest BCUT2D eigenvalue weighted by atomic mass is 32.1. The number of carbonyl (C=O) groups excluding carboxylic acids is 1. The minimum atomic E-state index is 0.724. The first-order valence-corrected chi connectivity index (χ1v) is 11.2. The van der Waals surface area contributed by atoms with Gasteiger partial charge < -0.3 is 10.2 Å². The average Bonchev–Trinajstić information content (AvgIpc) is 3.23. The molecule has 0 saturated carbocycles. The number of terminal acetylenes is 1. The first kappa shape index (κ1) is 28.1. The van der Waals surface area contributed by atoms with Crippen molar-refractivity contribution >= 4 is 39.9 Å². The molecule has 0 aromatic carbocycles. The molecule has 0 atom stereocenters. The van der Waals surface area contributed by atoms with Gasteiger partial charge in [0.25, 0.3) is 0 Å². The van der Waals surface area contributed by atoms with Gasteiger partial charge >= 0.3 is 0 Å². The maximum atomic E-state index is 10.6. The second-order valence-electron chi connectivity index (χ2n) is 6.75. The van der Waals surface area contributed by atoms with Crippen molar-refractivity contribution in [1.29, 1.82) is 0 Å². The van der Waals surface area contributed by atoms with Crippen LogP contribution >= 0.6 is 11.3 Å². The Balaban J connectivity index is 0.000000538. The van der Waals surface area contributed by atoms with Crippen molar-refractivity contribution in [3.05, 3.63) is 47.6 Å². The highest BCUT2D eigenvalue weighted by Crippen LogP contribution is 2.29. The summed E-state index contributed by atoms with van der Waals surface area (Å²) in [5.41, 5.74) is 2.36. The van der Waals surface area contributed by atoms with Crippen molar-refractivity contribution in [3.8, 4) is 12.8 Å². The zero-order valence-electron chi connectivity index (χ0n) is 19.3. The molecule has 0 amide bonds. The van der Waals surface area contributed by atoms with Crippen LogP contribution in [0.1, 0.15) is 55.1 Å². The van der Waals surface area contributed by atoms with Crippen molar-refractivity contribution in [2.45, 2.75) is 45.4 Å². The Morgan fingerprint density at radius 2 is 2.00 bits per heavy atom. The van der Waals surface area contributed by atoms with Gasteiger partial charge in [0.15, 0.2) is 6.29 Å². The summed E-state index contributed by atoms with van der Waals surface area (Å²) in [6.07, 6.45) is 23.8. The van der Waals surface area contributed by atoms with Crippen LogP contribution < -0.4 is 10.2 Å². The monoisotopic (exact) mass is 440 g/mol. The summed E-state index contributed by atoms with van der Waals surface area (Å²) >= 11 is 1.42. The third kappa shape index (κ3) is 11.2. The number of hydrogen-bond donors (Lipinski definition) is 1. The van der Waals surface area contributed by atoms with Crippen LogP contribution in [0.25, 0.3) is 10.2 Å². The highest BCUT2D eigenvalue weighted by molar-refractivity contribution is 7.20. The fourth-order valence-electron chi connectivity index (χ4n) is 2.73. The minimum absolute atomic E-state index is 0.724. The quantitative estimate of drug-likeness (QED) is 0.115. The molecule has 0 bridgehead atoms. The van der Waals surface area contributed by atoms with E-state index >= 15 is 0 Å². The Hall–Kier alpha value is -2.91. The van der Waals surface area contributed by atoms with E-state index in [1.165, 1.54) is 36.3 Å². The number of aromatic nitrogens is 1.